The van der Waals surface area contributed by atoms with E-state index in [1.165, 1.54) is 28.9 Å². The van der Waals surface area contributed by atoms with E-state index in [1.807, 2.05) is 18.2 Å². The number of thiophene rings is 1. The van der Waals surface area contributed by atoms with E-state index < -0.39 is 0 Å². The number of pyridine rings is 1. The normalized spacial score (nSPS) is 13.1. The van der Waals surface area contributed by atoms with Crippen LogP contribution in [0.2, 0.25) is 0 Å². The second-order valence-electron chi connectivity index (χ2n) is 7.35. The number of methoxy groups -OCH3 is 1. The fraction of sp³-hybridized carbons (Fsp3) is 0.348. The lowest BCUT2D eigenvalue weighted by Crippen LogP contribution is -2.15. The van der Waals surface area contributed by atoms with Crippen LogP contribution < -0.4 is 5.32 Å². The lowest BCUT2D eigenvalue weighted by molar-refractivity contribution is -0.115. The molecule has 0 saturated heterocycles. The number of rotatable bonds is 6. The van der Waals surface area contributed by atoms with Crippen LogP contribution in [0.3, 0.4) is 0 Å². The summed E-state index contributed by atoms with van der Waals surface area (Å²) in [6.07, 6.45) is 4.37. The number of aromatic nitrogens is 1. The molecule has 0 radical (unpaired) electrons. The van der Waals surface area contributed by atoms with Crippen LogP contribution in [-0.4, -0.2) is 29.7 Å². The van der Waals surface area contributed by atoms with Gasteiger partial charge in [0.1, 0.15) is 5.00 Å². The Morgan fingerprint density at radius 2 is 2.03 bits per heavy atom. The van der Waals surface area contributed by atoms with Crippen molar-refractivity contribution in [2.24, 2.45) is 0 Å². The van der Waals surface area contributed by atoms with Crippen LogP contribution >= 0.6 is 23.1 Å². The summed E-state index contributed by atoms with van der Waals surface area (Å²) in [6, 6.07) is 10.1. The molecule has 1 aliphatic carbocycles. The molecule has 0 saturated carbocycles. The lowest BCUT2D eigenvalue weighted by atomic mass is 9.95. The van der Waals surface area contributed by atoms with Crippen LogP contribution in [0.25, 0.3) is 10.9 Å². The smallest absolute Gasteiger partial charge is 0.341 e. The summed E-state index contributed by atoms with van der Waals surface area (Å²) in [5.74, 6) is 0.161. The number of aryl methyl sites for hydroxylation is 2. The third-order valence-electron chi connectivity index (χ3n) is 5.29. The summed E-state index contributed by atoms with van der Waals surface area (Å²) in [5, 5.41) is 5.65. The zero-order valence-corrected chi connectivity index (χ0v) is 18.8. The maximum Gasteiger partial charge on any atom is 0.341 e. The maximum atomic E-state index is 12.6. The van der Waals surface area contributed by atoms with Gasteiger partial charge in [-0.05, 0) is 55.9 Å². The van der Waals surface area contributed by atoms with Gasteiger partial charge in [0.25, 0.3) is 0 Å². The molecule has 156 valence electrons. The van der Waals surface area contributed by atoms with Gasteiger partial charge in [0.2, 0.25) is 5.91 Å². The van der Waals surface area contributed by atoms with Crippen molar-refractivity contribution in [3.63, 3.8) is 0 Å². The molecule has 1 amide bonds. The number of anilines is 1. The Bertz CT molecular complexity index is 1110. The first-order valence-corrected chi connectivity index (χ1v) is 11.9. The summed E-state index contributed by atoms with van der Waals surface area (Å²) >= 11 is 3.09. The topological polar surface area (TPSA) is 68.3 Å². The Morgan fingerprint density at radius 1 is 1.23 bits per heavy atom. The third-order valence-corrected chi connectivity index (χ3v) is 7.41. The molecule has 5 nitrogen and oxygen atoms in total. The van der Waals surface area contributed by atoms with Crippen LogP contribution in [0.5, 0.6) is 0 Å². The summed E-state index contributed by atoms with van der Waals surface area (Å²) in [7, 11) is 1.38. The van der Waals surface area contributed by atoms with Gasteiger partial charge < -0.3 is 10.1 Å². The molecule has 0 aliphatic heterocycles. The molecule has 0 bridgehead atoms. The second kappa shape index (κ2) is 9.18. The minimum atomic E-state index is -0.366. The van der Waals surface area contributed by atoms with Crippen molar-refractivity contribution in [2.75, 3.05) is 18.2 Å². The van der Waals surface area contributed by atoms with Crippen LogP contribution in [0.15, 0.2) is 35.4 Å². The summed E-state index contributed by atoms with van der Waals surface area (Å²) in [6.45, 7) is 2.08. The van der Waals surface area contributed by atoms with Crippen LogP contribution in [0.4, 0.5) is 5.00 Å². The Hall–Kier alpha value is -2.38. The number of carbonyl (C=O) groups excluding carboxylic acids is 2. The Labute approximate surface area is 184 Å². The van der Waals surface area contributed by atoms with Gasteiger partial charge in [0.05, 0.1) is 23.2 Å². The van der Waals surface area contributed by atoms with Crippen LogP contribution in [0.1, 0.15) is 45.6 Å². The molecule has 1 aromatic carbocycles. The molecule has 1 aliphatic rings. The average Bonchev–Trinajstić information content (AvgIpc) is 3.11. The zero-order valence-electron chi connectivity index (χ0n) is 17.1. The zero-order chi connectivity index (χ0) is 21.1. The van der Waals surface area contributed by atoms with Crippen molar-refractivity contribution in [1.82, 2.24) is 4.98 Å². The quantitative estimate of drug-likeness (QED) is 0.411. The van der Waals surface area contributed by atoms with E-state index in [0.29, 0.717) is 22.7 Å². The van der Waals surface area contributed by atoms with Crippen molar-refractivity contribution in [1.29, 1.82) is 0 Å². The van der Waals surface area contributed by atoms with Crippen molar-refractivity contribution in [3.05, 3.63) is 51.9 Å². The molecule has 4 rings (SSSR count). The minimum Gasteiger partial charge on any atom is -0.465 e. The highest BCUT2D eigenvalue weighted by Crippen LogP contribution is 2.38. The molecule has 1 N–H and O–H groups in total. The van der Waals surface area contributed by atoms with Gasteiger partial charge in [-0.15, -0.1) is 23.1 Å². The van der Waals surface area contributed by atoms with Gasteiger partial charge in [-0.25, -0.2) is 9.78 Å². The highest BCUT2D eigenvalue weighted by Gasteiger charge is 2.26. The third kappa shape index (κ3) is 4.37. The molecular weight excluding hydrogens is 416 g/mol. The molecule has 0 fully saturated rings. The molecule has 30 heavy (non-hydrogen) atoms. The standard InChI is InChI=1S/C23H24N2O3S2/c1-14-13-20(24-17-9-5-3-7-15(14)17)29-12-11-19(26)25-22-21(23(27)28-2)16-8-4-6-10-18(16)30-22/h3,5,7,9,13H,4,6,8,10-12H2,1-2H3,(H,25,26). The fourth-order valence-corrected chi connectivity index (χ4v) is 6.02. The molecule has 0 spiro atoms. The molecule has 0 unspecified atom stereocenters. The van der Waals surface area contributed by atoms with Gasteiger partial charge >= 0.3 is 5.97 Å². The summed E-state index contributed by atoms with van der Waals surface area (Å²) < 4.78 is 4.97. The number of ether oxygens (including phenoxy) is 1. The number of hydrogen-bond acceptors (Lipinski definition) is 6. The number of esters is 1. The summed E-state index contributed by atoms with van der Waals surface area (Å²) in [5.41, 5.74) is 3.75. The van der Waals surface area contributed by atoms with Gasteiger partial charge in [-0.2, -0.15) is 0 Å². The van der Waals surface area contributed by atoms with E-state index in [2.05, 4.69) is 29.4 Å². The van der Waals surface area contributed by atoms with Crippen LogP contribution in [0, 0.1) is 6.92 Å². The Balaban J connectivity index is 1.41. The maximum absolute atomic E-state index is 12.6. The first-order valence-electron chi connectivity index (χ1n) is 10.1. The molecule has 0 atom stereocenters. The first-order chi connectivity index (χ1) is 14.6. The molecule has 7 heteroatoms. The van der Waals surface area contributed by atoms with Crippen molar-refractivity contribution < 1.29 is 14.3 Å². The number of amides is 1. The predicted octanol–water partition coefficient (Wildman–Crippen LogP) is 5.39. The Morgan fingerprint density at radius 3 is 2.87 bits per heavy atom. The second-order valence-corrected chi connectivity index (χ2v) is 9.57. The largest absolute Gasteiger partial charge is 0.465 e. The van der Waals surface area contributed by atoms with E-state index in [1.54, 1.807) is 11.8 Å². The van der Waals surface area contributed by atoms with Gasteiger partial charge in [-0.1, -0.05) is 18.2 Å². The fourth-order valence-electron chi connectivity index (χ4n) is 3.80. The van der Waals surface area contributed by atoms with E-state index in [9.17, 15) is 9.59 Å². The van der Waals surface area contributed by atoms with E-state index in [-0.39, 0.29) is 11.9 Å². The average molecular weight is 441 g/mol. The Kier molecular flexibility index (Phi) is 6.39. The molecule has 3 aromatic rings. The summed E-state index contributed by atoms with van der Waals surface area (Å²) in [4.78, 5) is 30.8. The van der Waals surface area contributed by atoms with Gasteiger partial charge in [-0.3, -0.25) is 4.79 Å². The lowest BCUT2D eigenvalue weighted by Gasteiger charge is -2.11. The van der Waals surface area contributed by atoms with Gasteiger partial charge in [0, 0.05) is 22.4 Å². The van der Waals surface area contributed by atoms with E-state index in [4.69, 9.17) is 4.74 Å². The van der Waals surface area contributed by atoms with Gasteiger partial charge in [0.15, 0.2) is 0 Å². The van der Waals surface area contributed by atoms with Crippen molar-refractivity contribution >= 4 is 50.9 Å². The SMILES string of the molecule is COC(=O)c1c(NC(=O)CCSc2cc(C)c3ccccc3n2)sc2c1CCCC2. The monoisotopic (exact) mass is 440 g/mol. The predicted molar refractivity (Wildman–Crippen MR) is 123 cm³/mol. The highest BCUT2D eigenvalue weighted by molar-refractivity contribution is 7.99. The molecule has 2 heterocycles. The molecule has 2 aromatic heterocycles. The number of nitrogens with one attached hydrogen (secondary N) is 1. The van der Waals surface area contributed by atoms with Crippen molar-refractivity contribution in [3.8, 4) is 0 Å². The number of thioether (sulfide) groups is 1. The highest BCUT2D eigenvalue weighted by atomic mass is 32.2. The number of benzene rings is 1. The number of fused-ring (bicyclic) bond motifs is 2. The number of para-hydroxylation sites is 1. The number of hydrogen-bond donors (Lipinski definition) is 1. The van der Waals surface area contributed by atoms with Crippen molar-refractivity contribution in [2.45, 2.75) is 44.1 Å². The first kappa shape index (κ1) is 20.9. The van der Waals surface area contributed by atoms with Crippen LogP contribution in [-0.2, 0) is 22.4 Å². The number of carbonyl (C=O) groups is 2. The van der Waals surface area contributed by atoms with E-state index in [0.717, 1.165) is 47.2 Å². The number of nitrogens with zero attached hydrogens (tertiary/aromatic N) is 1. The minimum absolute atomic E-state index is 0.0937. The van der Waals surface area contributed by atoms with E-state index >= 15 is 0 Å². The molecular formula is C23H24N2O3S2.